The largest absolute Gasteiger partial charge is 0.233 e. The summed E-state index contributed by atoms with van der Waals surface area (Å²) in [4.78, 5) is 0. The van der Waals surface area contributed by atoms with Crippen LogP contribution >= 0.6 is 0 Å². The highest BCUT2D eigenvalue weighted by molar-refractivity contribution is 5.69. The van der Waals surface area contributed by atoms with Crippen molar-refractivity contribution < 1.29 is 0 Å². The van der Waals surface area contributed by atoms with E-state index in [0.29, 0.717) is 0 Å². The molecule has 0 bridgehead atoms. The van der Waals surface area contributed by atoms with Crippen LogP contribution in [0.4, 0.5) is 5.69 Å². The average Bonchev–Trinajstić information content (AvgIpc) is 3.33. The van der Waals surface area contributed by atoms with Crippen LogP contribution in [0, 0.1) is 0 Å². The van der Waals surface area contributed by atoms with Gasteiger partial charge in [-0.25, -0.2) is 5.01 Å². The van der Waals surface area contributed by atoms with Gasteiger partial charge in [0.1, 0.15) is 11.9 Å². The summed E-state index contributed by atoms with van der Waals surface area (Å²) in [6.07, 6.45) is 1.86. The molecule has 0 fully saturated rings. The Kier molecular flexibility index (Phi) is 4.66. The van der Waals surface area contributed by atoms with Gasteiger partial charge in [-0.3, -0.25) is 0 Å². The van der Waals surface area contributed by atoms with Crippen molar-refractivity contribution in [1.29, 1.82) is 0 Å². The first kappa shape index (κ1) is 18.0. The lowest BCUT2D eigenvalue weighted by Gasteiger charge is -2.46. The van der Waals surface area contributed by atoms with Gasteiger partial charge in [-0.15, -0.1) is 5.10 Å². The number of para-hydroxylation sites is 1. The molecule has 4 aromatic rings. The van der Waals surface area contributed by atoms with Crippen LogP contribution in [0.25, 0.3) is 0 Å². The van der Waals surface area contributed by atoms with E-state index in [0.717, 1.165) is 22.4 Å². The molecule has 30 heavy (non-hydrogen) atoms. The molecule has 0 atom stereocenters. The van der Waals surface area contributed by atoms with E-state index < -0.39 is 5.54 Å². The van der Waals surface area contributed by atoms with E-state index in [4.69, 9.17) is 0 Å². The summed E-state index contributed by atoms with van der Waals surface area (Å²) >= 11 is 0. The molecule has 0 spiro atoms. The average molecular weight is 390 g/mol. The maximum absolute atomic E-state index is 4.44. The lowest BCUT2D eigenvalue weighted by atomic mass is 9.76. The van der Waals surface area contributed by atoms with Crippen LogP contribution < -0.4 is 10.7 Å². The maximum Gasteiger partial charge on any atom is 0.139 e. The van der Waals surface area contributed by atoms with Gasteiger partial charge in [0.25, 0.3) is 0 Å². The monoisotopic (exact) mass is 390 g/mol. The molecular weight excluding hydrogens is 368 g/mol. The first-order valence-corrected chi connectivity index (χ1v) is 10.0. The van der Waals surface area contributed by atoms with Crippen LogP contribution in [-0.4, -0.2) is 11.3 Å². The van der Waals surface area contributed by atoms with Gasteiger partial charge in [-0.05, 0) is 28.8 Å². The normalized spacial score (nSPS) is 13.3. The number of hydrazine groups is 2. The van der Waals surface area contributed by atoms with Crippen molar-refractivity contribution in [3.8, 4) is 0 Å². The van der Waals surface area contributed by atoms with Gasteiger partial charge in [0.2, 0.25) is 0 Å². The molecule has 0 aliphatic carbocycles. The smallest absolute Gasteiger partial charge is 0.139 e. The van der Waals surface area contributed by atoms with E-state index in [1.54, 1.807) is 0 Å². The van der Waals surface area contributed by atoms with Crippen molar-refractivity contribution in [3.63, 3.8) is 0 Å². The molecule has 4 nitrogen and oxygen atoms in total. The van der Waals surface area contributed by atoms with Crippen LogP contribution in [0.5, 0.6) is 0 Å². The molecule has 0 aromatic heterocycles. The van der Waals surface area contributed by atoms with E-state index in [1.807, 2.05) is 29.7 Å². The van der Waals surface area contributed by atoms with Crippen molar-refractivity contribution in [3.05, 3.63) is 138 Å². The molecule has 0 amide bonds. The van der Waals surface area contributed by atoms with Gasteiger partial charge < -0.3 is 0 Å². The molecule has 0 saturated carbocycles. The zero-order chi connectivity index (χ0) is 20.2. The molecule has 1 N–H and O–H groups in total. The number of nitrogens with one attached hydrogen (secondary N) is 1. The number of hydrogen-bond acceptors (Lipinski definition) is 4. The fraction of sp³-hybridized carbons (Fsp3) is 0.0385. The van der Waals surface area contributed by atoms with Crippen molar-refractivity contribution in [2.75, 3.05) is 5.12 Å². The van der Waals surface area contributed by atoms with Gasteiger partial charge in [-0.1, -0.05) is 109 Å². The van der Waals surface area contributed by atoms with Crippen LogP contribution in [0.3, 0.4) is 0 Å². The highest BCUT2D eigenvalue weighted by Crippen LogP contribution is 2.43. The number of anilines is 1. The van der Waals surface area contributed by atoms with Crippen molar-refractivity contribution >= 4 is 12.0 Å². The second kappa shape index (κ2) is 7.76. The number of rotatable bonds is 5. The first-order chi connectivity index (χ1) is 14.9. The molecule has 0 unspecified atom stereocenters. The Labute approximate surface area is 176 Å². The summed E-state index contributed by atoms with van der Waals surface area (Å²) in [6.45, 7) is 0. The third-order valence-electron chi connectivity index (χ3n) is 5.45. The Morgan fingerprint density at radius 2 is 0.933 bits per heavy atom. The van der Waals surface area contributed by atoms with Crippen molar-refractivity contribution in [2.24, 2.45) is 5.10 Å². The Balaban J connectivity index is 1.81. The summed E-state index contributed by atoms with van der Waals surface area (Å²) in [5.41, 5.74) is 7.00. The van der Waals surface area contributed by atoms with E-state index >= 15 is 0 Å². The second-order valence-corrected chi connectivity index (χ2v) is 7.14. The number of benzene rings is 4. The minimum Gasteiger partial charge on any atom is -0.233 e. The molecule has 1 aliphatic heterocycles. The lowest BCUT2D eigenvalue weighted by Crippen LogP contribution is -2.56. The van der Waals surface area contributed by atoms with E-state index in [1.165, 1.54) is 0 Å². The van der Waals surface area contributed by atoms with Gasteiger partial charge >= 0.3 is 0 Å². The fourth-order valence-corrected chi connectivity index (χ4v) is 4.16. The molecule has 0 radical (unpaired) electrons. The zero-order valence-electron chi connectivity index (χ0n) is 16.5. The molecule has 4 aromatic carbocycles. The molecule has 1 aliphatic rings. The number of nitrogens with zero attached hydrogens (tertiary/aromatic N) is 3. The predicted octanol–water partition coefficient (Wildman–Crippen LogP) is 5.16. The molecule has 4 heteroatoms. The highest BCUT2D eigenvalue weighted by atomic mass is 15.9. The Morgan fingerprint density at radius 3 is 1.37 bits per heavy atom. The van der Waals surface area contributed by atoms with Crippen LogP contribution in [-0.2, 0) is 5.54 Å². The standard InChI is InChI=1S/C26H22N4/c1-5-13-22(14-6-1)26(23-15-7-2-8-16-23,24-17-9-3-10-18-24)29-21-27-28-30(29)25-19-11-4-12-20-25/h1-21,28H. The quantitative estimate of drug-likeness (QED) is 0.477. The third kappa shape index (κ3) is 2.90. The predicted molar refractivity (Wildman–Crippen MR) is 122 cm³/mol. The summed E-state index contributed by atoms with van der Waals surface area (Å²) in [5, 5.41) is 8.60. The number of hydrogen-bond donors (Lipinski definition) is 1. The third-order valence-corrected chi connectivity index (χ3v) is 5.45. The Bertz CT molecular complexity index is 1020. The SMILES string of the molecule is C1=NNN(c2ccccc2)N1C(c1ccccc1)(c1ccccc1)c1ccccc1. The zero-order valence-corrected chi connectivity index (χ0v) is 16.5. The van der Waals surface area contributed by atoms with Gasteiger partial charge in [0, 0.05) is 0 Å². The van der Waals surface area contributed by atoms with Gasteiger partial charge in [-0.2, -0.15) is 10.7 Å². The van der Waals surface area contributed by atoms with E-state index in [-0.39, 0.29) is 0 Å². The minimum atomic E-state index is -0.618. The fourth-order valence-electron chi connectivity index (χ4n) is 4.16. The van der Waals surface area contributed by atoms with Crippen molar-refractivity contribution in [1.82, 2.24) is 10.5 Å². The Hall–Kier alpha value is -4.05. The molecule has 146 valence electrons. The Morgan fingerprint density at radius 1 is 0.533 bits per heavy atom. The summed E-state index contributed by atoms with van der Waals surface area (Å²) < 4.78 is 0. The first-order valence-electron chi connectivity index (χ1n) is 10.0. The summed E-state index contributed by atoms with van der Waals surface area (Å²) in [5.74, 6) is 0. The molecule has 0 saturated heterocycles. The summed E-state index contributed by atoms with van der Waals surface area (Å²) in [6, 6.07) is 41.9. The topological polar surface area (TPSA) is 30.9 Å². The molecule has 5 rings (SSSR count). The van der Waals surface area contributed by atoms with E-state index in [9.17, 15) is 0 Å². The summed E-state index contributed by atoms with van der Waals surface area (Å²) in [7, 11) is 0. The molecule has 1 heterocycles. The van der Waals surface area contributed by atoms with Crippen LogP contribution in [0.2, 0.25) is 0 Å². The van der Waals surface area contributed by atoms with E-state index in [2.05, 4.69) is 119 Å². The minimum absolute atomic E-state index is 0.618. The maximum atomic E-state index is 4.44. The lowest BCUT2D eigenvalue weighted by molar-refractivity contribution is 0.248. The van der Waals surface area contributed by atoms with Gasteiger partial charge in [0.15, 0.2) is 0 Å². The van der Waals surface area contributed by atoms with Crippen LogP contribution in [0.15, 0.2) is 126 Å². The van der Waals surface area contributed by atoms with Crippen LogP contribution in [0.1, 0.15) is 16.7 Å². The second-order valence-electron chi connectivity index (χ2n) is 7.14. The number of hydrazone groups is 1. The highest BCUT2D eigenvalue weighted by Gasteiger charge is 2.45. The van der Waals surface area contributed by atoms with Crippen molar-refractivity contribution in [2.45, 2.75) is 5.54 Å². The van der Waals surface area contributed by atoms with Gasteiger partial charge in [0.05, 0.1) is 5.69 Å². The molecular formula is C26H22N4.